The van der Waals surface area contributed by atoms with Crippen LogP contribution in [0.2, 0.25) is 0 Å². The molecule has 1 aromatic carbocycles. The number of nitrogens with zero attached hydrogens (tertiary/aromatic N) is 2. The number of unbranched alkanes of at least 4 members (excludes halogenated alkanes) is 1. The van der Waals surface area contributed by atoms with Crippen LogP contribution >= 0.6 is 0 Å². The topological polar surface area (TPSA) is 77.1 Å². The first-order valence-corrected chi connectivity index (χ1v) is 7.51. The lowest BCUT2D eigenvalue weighted by Crippen LogP contribution is -2.06. The molecule has 2 aromatic rings. The van der Waals surface area contributed by atoms with E-state index >= 15 is 0 Å². The zero-order chi connectivity index (χ0) is 15.8. The van der Waals surface area contributed by atoms with Gasteiger partial charge in [0.2, 0.25) is 0 Å². The van der Waals surface area contributed by atoms with Crippen molar-refractivity contribution in [2.24, 2.45) is 0 Å². The van der Waals surface area contributed by atoms with Gasteiger partial charge in [0.25, 0.3) is 0 Å². The number of carbonyl (C=O) groups is 1. The molecule has 0 fully saturated rings. The number of H-pyrrole nitrogens is 1. The number of aromatic amines is 1. The van der Waals surface area contributed by atoms with Crippen molar-refractivity contribution in [1.29, 1.82) is 0 Å². The fourth-order valence-electron chi connectivity index (χ4n) is 1.97. The largest absolute Gasteiger partial charge is 0.461 e. The van der Waals surface area contributed by atoms with Crippen molar-refractivity contribution in [3.8, 4) is 11.3 Å². The molecule has 0 spiro atoms. The Hall–Kier alpha value is -2.21. The highest BCUT2D eigenvalue weighted by atomic mass is 16.5. The first kappa shape index (κ1) is 16.2. The lowest BCUT2D eigenvalue weighted by molar-refractivity contribution is 0.0520. The van der Waals surface area contributed by atoms with Crippen LogP contribution in [0.25, 0.3) is 11.3 Å². The predicted octanol–water partition coefficient (Wildman–Crippen LogP) is 2.97. The predicted molar refractivity (Wildman–Crippen MR) is 82.3 cm³/mol. The Bertz CT molecular complexity index is 593. The highest BCUT2D eigenvalue weighted by Gasteiger charge is 2.18. The van der Waals surface area contributed by atoms with E-state index in [-0.39, 0.29) is 5.69 Å². The van der Waals surface area contributed by atoms with Gasteiger partial charge in [0, 0.05) is 12.2 Å². The van der Waals surface area contributed by atoms with Gasteiger partial charge in [0.05, 0.1) is 13.2 Å². The number of ether oxygens (including phenoxy) is 2. The fourth-order valence-corrected chi connectivity index (χ4v) is 1.97. The van der Waals surface area contributed by atoms with Gasteiger partial charge in [0.15, 0.2) is 5.69 Å². The number of nitrogens with one attached hydrogen (secondary N) is 1. The number of esters is 1. The second-order valence-corrected chi connectivity index (χ2v) is 4.84. The molecule has 22 heavy (non-hydrogen) atoms. The quantitative estimate of drug-likeness (QED) is 0.599. The summed E-state index contributed by atoms with van der Waals surface area (Å²) in [4.78, 5) is 11.8. The van der Waals surface area contributed by atoms with Crippen molar-refractivity contribution in [2.45, 2.75) is 33.3 Å². The number of benzene rings is 1. The molecule has 0 amide bonds. The Morgan fingerprint density at radius 3 is 2.64 bits per heavy atom. The highest BCUT2D eigenvalue weighted by Crippen LogP contribution is 2.21. The smallest absolute Gasteiger partial charge is 0.361 e. The van der Waals surface area contributed by atoms with E-state index in [4.69, 9.17) is 9.47 Å². The third kappa shape index (κ3) is 4.14. The Morgan fingerprint density at radius 2 is 1.95 bits per heavy atom. The number of hydrogen-bond acceptors (Lipinski definition) is 5. The van der Waals surface area contributed by atoms with Crippen LogP contribution in [0.3, 0.4) is 0 Å². The second-order valence-electron chi connectivity index (χ2n) is 4.84. The number of aromatic nitrogens is 3. The molecule has 6 heteroatoms. The van der Waals surface area contributed by atoms with Crippen molar-refractivity contribution in [2.75, 3.05) is 13.2 Å². The minimum atomic E-state index is -0.474. The van der Waals surface area contributed by atoms with Crippen LogP contribution in [0.4, 0.5) is 0 Å². The summed E-state index contributed by atoms with van der Waals surface area (Å²) < 4.78 is 10.5. The maximum atomic E-state index is 11.8. The molecule has 1 heterocycles. The first-order valence-electron chi connectivity index (χ1n) is 7.51. The number of hydrogen-bond donors (Lipinski definition) is 1. The lowest BCUT2D eigenvalue weighted by Gasteiger charge is -2.05. The second kappa shape index (κ2) is 8.29. The molecule has 1 aromatic heterocycles. The summed E-state index contributed by atoms with van der Waals surface area (Å²) in [6.07, 6.45) is 2.20. The molecule has 0 saturated heterocycles. The van der Waals surface area contributed by atoms with Crippen LogP contribution in [0.1, 0.15) is 42.7 Å². The molecule has 2 rings (SSSR count). The van der Waals surface area contributed by atoms with Crippen molar-refractivity contribution < 1.29 is 14.3 Å². The Labute approximate surface area is 129 Å². The van der Waals surface area contributed by atoms with E-state index in [0.717, 1.165) is 30.6 Å². The van der Waals surface area contributed by atoms with Crippen molar-refractivity contribution in [3.63, 3.8) is 0 Å². The Kier molecular flexibility index (Phi) is 6.09. The average molecular weight is 303 g/mol. The fraction of sp³-hybridized carbons (Fsp3) is 0.438. The van der Waals surface area contributed by atoms with Crippen molar-refractivity contribution >= 4 is 5.97 Å². The van der Waals surface area contributed by atoms with E-state index in [1.807, 2.05) is 24.3 Å². The van der Waals surface area contributed by atoms with Crippen molar-refractivity contribution in [3.05, 3.63) is 35.5 Å². The Balaban J connectivity index is 2.04. The maximum Gasteiger partial charge on any atom is 0.361 e. The molecule has 0 unspecified atom stereocenters. The molecule has 0 radical (unpaired) electrons. The summed E-state index contributed by atoms with van der Waals surface area (Å²) >= 11 is 0. The van der Waals surface area contributed by atoms with Gasteiger partial charge in [-0.1, -0.05) is 37.6 Å². The SMILES string of the molecule is CCCCOCc1ccc(-c2n[nH]nc2C(=O)OCC)cc1. The lowest BCUT2D eigenvalue weighted by atomic mass is 10.1. The molecule has 0 aliphatic carbocycles. The van der Waals surface area contributed by atoms with Gasteiger partial charge in [-0.15, -0.1) is 5.10 Å². The minimum absolute atomic E-state index is 0.203. The van der Waals surface area contributed by atoms with Crippen LogP contribution in [-0.4, -0.2) is 34.6 Å². The van der Waals surface area contributed by atoms with E-state index in [2.05, 4.69) is 22.3 Å². The molecule has 1 N–H and O–H groups in total. The van der Waals surface area contributed by atoms with E-state index < -0.39 is 5.97 Å². The number of rotatable bonds is 8. The van der Waals surface area contributed by atoms with Crippen LogP contribution in [-0.2, 0) is 16.1 Å². The van der Waals surface area contributed by atoms with E-state index in [1.54, 1.807) is 6.92 Å². The molecule has 0 saturated carbocycles. The molecule has 0 bridgehead atoms. The molecule has 0 aliphatic rings. The normalized spacial score (nSPS) is 10.6. The first-order chi connectivity index (χ1) is 10.8. The molecular weight excluding hydrogens is 282 g/mol. The van der Waals surface area contributed by atoms with Gasteiger partial charge in [0.1, 0.15) is 5.69 Å². The monoisotopic (exact) mass is 303 g/mol. The van der Waals surface area contributed by atoms with Gasteiger partial charge in [-0.05, 0) is 18.9 Å². The summed E-state index contributed by atoms with van der Waals surface area (Å²) in [5.74, 6) is -0.474. The Morgan fingerprint density at radius 1 is 1.18 bits per heavy atom. The van der Waals surface area contributed by atoms with Gasteiger partial charge in [-0.25, -0.2) is 4.79 Å². The molecule has 6 nitrogen and oxygen atoms in total. The summed E-state index contributed by atoms with van der Waals surface area (Å²) in [6, 6.07) is 7.73. The van der Waals surface area contributed by atoms with Gasteiger partial charge < -0.3 is 9.47 Å². The molecule has 118 valence electrons. The maximum absolute atomic E-state index is 11.8. The summed E-state index contributed by atoms with van der Waals surface area (Å²) in [5, 5.41) is 10.4. The third-order valence-corrected chi connectivity index (χ3v) is 3.16. The summed E-state index contributed by atoms with van der Waals surface area (Å²) in [5.41, 5.74) is 2.60. The van der Waals surface area contributed by atoms with Crippen LogP contribution < -0.4 is 0 Å². The van der Waals surface area contributed by atoms with E-state index in [9.17, 15) is 4.79 Å². The third-order valence-electron chi connectivity index (χ3n) is 3.16. The van der Waals surface area contributed by atoms with Gasteiger partial charge >= 0.3 is 5.97 Å². The summed E-state index contributed by atoms with van der Waals surface area (Å²) in [7, 11) is 0. The van der Waals surface area contributed by atoms with Crippen molar-refractivity contribution in [1.82, 2.24) is 15.4 Å². The average Bonchev–Trinajstić information content (AvgIpc) is 3.02. The zero-order valence-electron chi connectivity index (χ0n) is 13.0. The molecule has 0 aliphatic heterocycles. The van der Waals surface area contributed by atoms with Gasteiger partial charge in [-0.2, -0.15) is 10.3 Å². The van der Waals surface area contributed by atoms with Gasteiger partial charge in [-0.3, -0.25) is 0 Å². The van der Waals surface area contributed by atoms with Crippen LogP contribution in [0, 0.1) is 0 Å². The summed E-state index contributed by atoms with van der Waals surface area (Å²) in [6.45, 7) is 5.56. The number of carbonyl (C=O) groups excluding carboxylic acids is 1. The van der Waals surface area contributed by atoms with E-state index in [0.29, 0.717) is 18.9 Å². The minimum Gasteiger partial charge on any atom is -0.461 e. The van der Waals surface area contributed by atoms with Crippen LogP contribution in [0.15, 0.2) is 24.3 Å². The molecule has 0 atom stereocenters. The molecular formula is C16H21N3O3. The van der Waals surface area contributed by atoms with Crippen LogP contribution in [0.5, 0.6) is 0 Å². The zero-order valence-corrected chi connectivity index (χ0v) is 13.0. The van der Waals surface area contributed by atoms with E-state index in [1.165, 1.54) is 0 Å². The standard InChI is InChI=1S/C16H21N3O3/c1-3-5-10-21-11-12-6-8-13(9-7-12)14-15(18-19-17-14)16(20)22-4-2/h6-9H,3-5,10-11H2,1-2H3,(H,17,18,19). The highest BCUT2D eigenvalue weighted by molar-refractivity contribution is 5.93.